The summed E-state index contributed by atoms with van der Waals surface area (Å²) in [5.41, 5.74) is 0. The average Bonchev–Trinajstić information content (AvgIpc) is 2.21. The Balaban J connectivity index is 4.11. The lowest BCUT2D eigenvalue weighted by Crippen LogP contribution is -2.24. The van der Waals surface area contributed by atoms with E-state index in [1.807, 2.05) is 13.8 Å². The summed E-state index contributed by atoms with van der Waals surface area (Å²) in [6, 6.07) is 0. The third-order valence-corrected chi connectivity index (χ3v) is 3.76. The first-order valence-corrected chi connectivity index (χ1v) is 6.17. The monoisotopic (exact) mass is 250 g/mol. The Morgan fingerprint density at radius 2 is 1.88 bits per heavy atom. The molecule has 0 aromatic heterocycles. The molecule has 5 nitrogen and oxygen atoms in total. The zero-order valence-corrected chi connectivity index (χ0v) is 10.2. The standard InChI is InChI=1S/C10H18O5S/c1-3-7(11)6(2)5-16-8(10(14)15)4-9(12)13/h6-8,11H,3-5H2,1-2H3,(H,12,13)(H,14,15). The Morgan fingerprint density at radius 3 is 2.25 bits per heavy atom. The van der Waals surface area contributed by atoms with Gasteiger partial charge in [-0.25, -0.2) is 0 Å². The van der Waals surface area contributed by atoms with Gasteiger partial charge in [-0.2, -0.15) is 0 Å². The van der Waals surface area contributed by atoms with Gasteiger partial charge in [-0.3, -0.25) is 9.59 Å². The van der Waals surface area contributed by atoms with Crippen LogP contribution in [0.1, 0.15) is 26.7 Å². The quantitative estimate of drug-likeness (QED) is 0.596. The van der Waals surface area contributed by atoms with E-state index in [0.29, 0.717) is 12.2 Å². The summed E-state index contributed by atoms with van der Waals surface area (Å²) in [5.74, 6) is -1.83. The first kappa shape index (κ1) is 15.2. The molecule has 3 N–H and O–H groups in total. The van der Waals surface area contributed by atoms with E-state index in [1.54, 1.807) is 0 Å². The van der Waals surface area contributed by atoms with Gasteiger partial charge in [0.05, 0.1) is 12.5 Å². The van der Waals surface area contributed by atoms with Crippen molar-refractivity contribution < 1.29 is 24.9 Å². The second-order valence-corrected chi connectivity index (χ2v) is 4.95. The Hall–Kier alpha value is -0.750. The molecule has 0 rings (SSSR count). The van der Waals surface area contributed by atoms with E-state index in [2.05, 4.69) is 0 Å². The molecule has 0 aromatic rings. The number of aliphatic carboxylic acids is 2. The fourth-order valence-electron chi connectivity index (χ4n) is 1.16. The van der Waals surface area contributed by atoms with Gasteiger partial charge >= 0.3 is 11.9 Å². The number of rotatable bonds is 8. The van der Waals surface area contributed by atoms with Gasteiger partial charge < -0.3 is 15.3 Å². The summed E-state index contributed by atoms with van der Waals surface area (Å²) < 4.78 is 0. The van der Waals surface area contributed by atoms with Crippen LogP contribution < -0.4 is 0 Å². The first-order valence-electron chi connectivity index (χ1n) is 5.12. The molecule has 0 aliphatic heterocycles. The van der Waals surface area contributed by atoms with Crippen molar-refractivity contribution in [1.29, 1.82) is 0 Å². The van der Waals surface area contributed by atoms with Crippen molar-refractivity contribution in [2.24, 2.45) is 5.92 Å². The average molecular weight is 250 g/mol. The normalized spacial score (nSPS) is 16.4. The van der Waals surface area contributed by atoms with E-state index < -0.39 is 29.7 Å². The molecule has 0 aromatic carbocycles. The first-order chi connectivity index (χ1) is 7.38. The molecule has 0 fully saturated rings. The van der Waals surface area contributed by atoms with Gasteiger partial charge in [0.25, 0.3) is 0 Å². The highest BCUT2D eigenvalue weighted by atomic mass is 32.2. The Morgan fingerprint density at radius 1 is 1.31 bits per heavy atom. The molecule has 0 bridgehead atoms. The second-order valence-electron chi connectivity index (χ2n) is 3.71. The van der Waals surface area contributed by atoms with Gasteiger partial charge in [0, 0.05) is 0 Å². The third-order valence-electron chi connectivity index (χ3n) is 2.27. The number of hydrogen-bond acceptors (Lipinski definition) is 4. The summed E-state index contributed by atoms with van der Waals surface area (Å²) in [5, 5.41) is 25.9. The lowest BCUT2D eigenvalue weighted by atomic mass is 10.1. The molecule has 94 valence electrons. The highest BCUT2D eigenvalue weighted by Crippen LogP contribution is 2.21. The zero-order valence-electron chi connectivity index (χ0n) is 9.42. The van der Waals surface area contributed by atoms with Crippen LogP contribution >= 0.6 is 11.8 Å². The van der Waals surface area contributed by atoms with E-state index in [1.165, 1.54) is 0 Å². The third kappa shape index (κ3) is 5.97. The molecular weight excluding hydrogens is 232 g/mol. The highest BCUT2D eigenvalue weighted by molar-refractivity contribution is 8.00. The Kier molecular flexibility index (Phi) is 7.16. The van der Waals surface area contributed by atoms with Crippen molar-refractivity contribution in [1.82, 2.24) is 0 Å². The van der Waals surface area contributed by atoms with Gasteiger partial charge in [-0.05, 0) is 18.1 Å². The summed E-state index contributed by atoms with van der Waals surface area (Å²) in [6.45, 7) is 3.67. The molecule has 0 saturated heterocycles. The van der Waals surface area contributed by atoms with Crippen LogP contribution in [0, 0.1) is 5.92 Å². The molecule has 6 heteroatoms. The van der Waals surface area contributed by atoms with Crippen LogP contribution in [-0.2, 0) is 9.59 Å². The Bertz CT molecular complexity index is 243. The van der Waals surface area contributed by atoms with Crippen LogP contribution in [-0.4, -0.2) is 44.4 Å². The maximum absolute atomic E-state index is 10.7. The van der Waals surface area contributed by atoms with Gasteiger partial charge in [-0.15, -0.1) is 11.8 Å². The summed E-state index contributed by atoms with van der Waals surface area (Å²) >= 11 is 1.07. The van der Waals surface area contributed by atoms with E-state index in [4.69, 9.17) is 10.2 Å². The topological polar surface area (TPSA) is 94.8 Å². The smallest absolute Gasteiger partial charge is 0.317 e. The summed E-state index contributed by atoms with van der Waals surface area (Å²) in [6.07, 6.45) is -0.250. The molecule has 16 heavy (non-hydrogen) atoms. The number of thioether (sulfide) groups is 1. The SMILES string of the molecule is CCC(O)C(C)CSC(CC(=O)O)C(=O)O. The molecule has 3 atom stereocenters. The lowest BCUT2D eigenvalue weighted by molar-refractivity contribution is -0.142. The molecule has 0 radical (unpaired) electrons. The molecule has 0 spiro atoms. The van der Waals surface area contributed by atoms with E-state index in [-0.39, 0.29) is 5.92 Å². The lowest BCUT2D eigenvalue weighted by Gasteiger charge is -2.18. The largest absolute Gasteiger partial charge is 0.481 e. The fraction of sp³-hybridized carbons (Fsp3) is 0.800. The Labute approximate surface area is 98.9 Å². The molecular formula is C10H18O5S. The zero-order chi connectivity index (χ0) is 12.7. The maximum atomic E-state index is 10.7. The van der Waals surface area contributed by atoms with Crippen molar-refractivity contribution in [3.05, 3.63) is 0 Å². The predicted octanol–water partition coefficient (Wildman–Crippen LogP) is 1.05. The van der Waals surface area contributed by atoms with Gasteiger partial charge in [-0.1, -0.05) is 13.8 Å². The van der Waals surface area contributed by atoms with Crippen LogP contribution in [0.2, 0.25) is 0 Å². The van der Waals surface area contributed by atoms with Crippen LogP contribution in [0.3, 0.4) is 0 Å². The predicted molar refractivity (Wildman–Crippen MR) is 61.6 cm³/mol. The van der Waals surface area contributed by atoms with E-state index in [9.17, 15) is 14.7 Å². The minimum absolute atomic E-state index is 0.0364. The van der Waals surface area contributed by atoms with Crippen molar-refractivity contribution in [2.45, 2.75) is 38.0 Å². The molecule has 0 aliphatic rings. The number of carboxylic acid groups (broad SMARTS) is 2. The summed E-state index contributed by atoms with van der Waals surface area (Å²) in [7, 11) is 0. The second kappa shape index (κ2) is 7.51. The molecule has 3 unspecified atom stereocenters. The van der Waals surface area contributed by atoms with Gasteiger partial charge in [0.2, 0.25) is 0 Å². The van der Waals surface area contributed by atoms with E-state index >= 15 is 0 Å². The van der Waals surface area contributed by atoms with Crippen molar-refractivity contribution in [2.75, 3.05) is 5.75 Å². The molecule has 0 aliphatic carbocycles. The number of hydrogen-bond donors (Lipinski definition) is 3. The van der Waals surface area contributed by atoms with Gasteiger partial charge in [0.1, 0.15) is 5.25 Å². The van der Waals surface area contributed by atoms with Crippen molar-refractivity contribution >= 4 is 23.7 Å². The van der Waals surface area contributed by atoms with Crippen molar-refractivity contribution in [3.8, 4) is 0 Å². The number of carbonyl (C=O) groups is 2. The molecule has 0 saturated carbocycles. The number of aliphatic hydroxyl groups excluding tert-OH is 1. The molecule has 0 heterocycles. The number of aliphatic hydroxyl groups is 1. The van der Waals surface area contributed by atoms with Crippen LogP contribution in [0.25, 0.3) is 0 Å². The minimum atomic E-state index is -1.12. The minimum Gasteiger partial charge on any atom is -0.481 e. The van der Waals surface area contributed by atoms with Crippen LogP contribution in [0.5, 0.6) is 0 Å². The van der Waals surface area contributed by atoms with Crippen LogP contribution in [0.4, 0.5) is 0 Å². The number of carboxylic acids is 2. The highest BCUT2D eigenvalue weighted by Gasteiger charge is 2.23. The van der Waals surface area contributed by atoms with E-state index in [0.717, 1.165) is 11.8 Å². The maximum Gasteiger partial charge on any atom is 0.317 e. The van der Waals surface area contributed by atoms with Crippen molar-refractivity contribution in [3.63, 3.8) is 0 Å². The fourth-order valence-corrected chi connectivity index (χ4v) is 2.32. The van der Waals surface area contributed by atoms with Crippen LogP contribution in [0.15, 0.2) is 0 Å². The molecule has 0 amide bonds. The summed E-state index contributed by atoms with van der Waals surface area (Å²) in [4.78, 5) is 21.2. The van der Waals surface area contributed by atoms with Gasteiger partial charge in [0.15, 0.2) is 0 Å².